The summed E-state index contributed by atoms with van der Waals surface area (Å²) in [7, 11) is 2.25. The van der Waals surface area contributed by atoms with Crippen LogP contribution in [0.15, 0.2) is 24.3 Å². The third kappa shape index (κ3) is 1.99. The van der Waals surface area contributed by atoms with Gasteiger partial charge in [-0.3, -0.25) is 0 Å². The summed E-state index contributed by atoms with van der Waals surface area (Å²) in [6.07, 6.45) is 3.79. The van der Waals surface area contributed by atoms with Gasteiger partial charge in [0.05, 0.1) is 5.22 Å². The fraction of sp³-hybridized carbons (Fsp3) is 0.455. The second kappa shape index (κ2) is 4.00. The molecule has 76 valence electrons. The van der Waals surface area contributed by atoms with Gasteiger partial charge in [-0.05, 0) is 24.8 Å². The lowest BCUT2D eigenvalue weighted by Crippen LogP contribution is -2.34. The molecule has 0 radical (unpaired) electrons. The van der Waals surface area contributed by atoms with Gasteiger partial charge in [-0.1, -0.05) is 29.5 Å². The molecule has 1 heterocycles. The van der Waals surface area contributed by atoms with E-state index >= 15 is 0 Å². The highest BCUT2D eigenvalue weighted by atomic mass is 28.1. The van der Waals surface area contributed by atoms with E-state index in [4.69, 9.17) is 4.74 Å². The zero-order valence-electron chi connectivity index (χ0n) is 10.0. The summed E-state index contributed by atoms with van der Waals surface area (Å²) < 4.78 is 5.96. The van der Waals surface area contributed by atoms with Crippen molar-refractivity contribution in [1.82, 2.24) is 0 Å². The van der Waals surface area contributed by atoms with Crippen molar-refractivity contribution in [3.8, 4) is 0 Å². The van der Waals surface area contributed by atoms with Crippen LogP contribution in [0.2, 0.25) is 0 Å². The molecule has 14 heavy (non-hydrogen) atoms. The Kier molecular flexibility index (Phi) is 2.90. The van der Waals surface area contributed by atoms with Gasteiger partial charge in [0.2, 0.25) is 0 Å². The average molecular weight is 223 g/mol. The van der Waals surface area contributed by atoms with Crippen LogP contribution in [0.5, 0.6) is 0 Å². The van der Waals surface area contributed by atoms with Crippen LogP contribution in [0, 0.1) is 0 Å². The lowest BCUT2D eigenvalue weighted by molar-refractivity contribution is -0.0209. The molecule has 2 rings (SSSR count). The third-order valence-electron chi connectivity index (χ3n) is 3.13. The van der Waals surface area contributed by atoms with Crippen molar-refractivity contribution < 1.29 is 6.16 Å². The zero-order valence-corrected chi connectivity index (χ0v) is 13.0. The van der Waals surface area contributed by atoms with E-state index in [-0.39, 0.29) is 6.65 Å². The van der Waals surface area contributed by atoms with Crippen LogP contribution in [0.3, 0.4) is 0 Å². The smallest absolute Gasteiger partial charge is 0.375 e. The van der Waals surface area contributed by atoms with Gasteiger partial charge in [-0.15, -0.1) is 0 Å². The summed E-state index contributed by atoms with van der Waals surface area (Å²) in [6, 6.07) is 9.03. The molecule has 1 fully saturated rings. The van der Waals surface area contributed by atoms with Crippen LogP contribution in [0.25, 0.3) is 0 Å². The molecule has 1 atom stereocenters. The summed E-state index contributed by atoms with van der Waals surface area (Å²) >= 11 is 0. The monoisotopic (exact) mass is 223 g/mol. The lowest BCUT2D eigenvalue weighted by Gasteiger charge is -2.34. The molecule has 0 saturated carbocycles. The van der Waals surface area contributed by atoms with Gasteiger partial charge in [0.1, 0.15) is 0 Å². The summed E-state index contributed by atoms with van der Waals surface area (Å²) in [6.45, 7) is 0.951. The predicted molar refractivity (Wildman–Crippen MR) is 68.5 cm³/mol. The van der Waals surface area contributed by atoms with Crippen LogP contribution >= 0.6 is 0 Å². The normalized spacial score (nSPS) is 28.0. The van der Waals surface area contributed by atoms with Gasteiger partial charge in [0.15, 0.2) is 0 Å². The van der Waals surface area contributed by atoms with E-state index in [9.17, 15) is 0 Å². The fourth-order valence-corrected chi connectivity index (χ4v) is 3.29. The minimum atomic E-state index is 0. The maximum Gasteiger partial charge on any atom is 1.00 e. The van der Waals surface area contributed by atoms with Crippen molar-refractivity contribution in [2.24, 2.45) is 0 Å². The maximum absolute atomic E-state index is 5.96. The molecular weight excluding hydrogens is 204 g/mol. The highest BCUT2D eigenvalue weighted by Crippen LogP contribution is 2.31. The number of rotatable bonds is 1. The molecule has 1 aromatic carbocycles. The van der Waals surface area contributed by atoms with E-state index in [0.29, 0.717) is 0 Å². The molecule has 3 heteroatoms. The summed E-state index contributed by atoms with van der Waals surface area (Å²) in [4.78, 5) is 0. The van der Waals surface area contributed by atoms with Gasteiger partial charge >= 0.3 is 1.43 Å². The van der Waals surface area contributed by atoms with E-state index in [1.165, 1.54) is 30.0 Å². The summed E-state index contributed by atoms with van der Waals surface area (Å²) in [5.41, 5.74) is 1.41. The Balaban J connectivity index is 0.00000112. The molecule has 1 saturated heterocycles. The first-order valence-electron chi connectivity index (χ1n) is 5.42. The van der Waals surface area contributed by atoms with Crippen LogP contribution in [-0.2, 0) is 9.96 Å². The molecule has 0 aliphatic carbocycles. The molecule has 1 nitrogen and oxygen atoms in total. The molecule has 1 aliphatic heterocycles. The SMILES string of the molecule is [H+].[SiH3]c1ccc(C2([SiH3])CCCCO2)cc1. The van der Waals surface area contributed by atoms with Crippen LogP contribution in [-0.4, -0.2) is 27.1 Å². The first kappa shape index (κ1) is 10.1. The minimum absolute atomic E-state index is 0. The van der Waals surface area contributed by atoms with Gasteiger partial charge in [-0.25, -0.2) is 0 Å². The first-order valence-corrected chi connectivity index (χ1v) is 7.42. The van der Waals surface area contributed by atoms with Gasteiger partial charge < -0.3 is 4.74 Å². The van der Waals surface area contributed by atoms with Crippen LogP contribution in [0.4, 0.5) is 0 Å². The molecule has 0 spiro atoms. The third-order valence-corrected chi connectivity index (χ3v) is 5.16. The van der Waals surface area contributed by atoms with Crippen LogP contribution < -0.4 is 5.19 Å². The lowest BCUT2D eigenvalue weighted by atomic mass is 10.0. The number of ether oxygens (including phenoxy) is 1. The van der Waals surface area contributed by atoms with Crippen molar-refractivity contribution >= 4 is 25.7 Å². The standard InChI is InChI=1S/C11H18OSi2/c13-10-5-3-9(4-6-10)11(14)7-1-2-8-12-11/h3-6H,1-2,7-8H2,13-14H3/p+1. The zero-order chi connectivity index (χ0) is 10.0. The molecule has 0 bridgehead atoms. The first-order chi connectivity index (χ1) is 6.71. The van der Waals surface area contributed by atoms with E-state index in [1.807, 2.05) is 0 Å². The topological polar surface area (TPSA) is 9.23 Å². The number of benzene rings is 1. The summed E-state index contributed by atoms with van der Waals surface area (Å²) in [5.74, 6) is 0. The minimum Gasteiger partial charge on any atom is -0.375 e. The Morgan fingerprint density at radius 1 is 1.21 bits per heavy atom. The Morgan fingerprint density at radius 2 is 1.93 bits per heavy atom. The Labute approximate surface area is 93.2 Å². The van der Waals surface area contributed by atoms with Crippen molar-refractivity contribution in [1.29, 1.82) is 0 Å². The second-order valence-corrected chi connectivity index (χ2v) is 7.17. The van der Waals surface area contributed by atoms with Crippen LogP contribution in [0.1, 0.15) is 26.3 Å². The van der Waals surface area contributed by atoms with E-state index in [2.05, 4.69) is 24.3 Å². The predicted octanol–water partition coefficient (Wildman–Crippen LogP) is -0.492. The largest absolute Gasteiger partial charge is 1.00 e. The Bertz CT molecular complexity index is 307. The molecule has 0 N–H and O–H groups in total. The highest BCUT2D eigenvalue weighted by Gasteiger charge is 2.29. The van der Waals surface area contributed by atoms with Gasteiger partial charge in [0, 0.05) is 27.1 Å². The molecule has 0 amide bonds. The average Bonchev–Trinajstić information content (AvgIpc) is 2.19. The highest BCUT2D eigenvalue weighted by molar-refractivity contribution is 6.32. The quantitative estimate of drug-likeness (QED) is 0.584. The second-order valence-electron chi connectivity index (χ2n) is 4.40. The number of hydrogen-bond acceptors (Lipinski definition) is 1. The fourth-order valence-electron chi connectivity index (χ4n) is 2.07. The molecule has 0 aromatic heterocycles. The van der Waals surface area contributed by atoms with Crippen molar-refractivity contribution in [2.45, 2.75) is 24.5 Å². The van der Waals surface area contributed by atoms with E-state index in [1.54, 1.807) is 0 Å². The molecular formula is C11H19OSi2+. The van der Waals surface area contributed by atoms with Gasteiger partial charge in [-0.2, -0.15) is 0 Å². The van der Waals surface area contributed by atoms with Crippen molar-refractivity contribution in [3.05, 3.63) is 29.8 Å². The van der Waals surface area contributed by atoms with Crippen molar-refractivity contribution in [3.63, 3.8) is 0 Å². The van der Waals surface area contributed by atoms with E-state index in [0.717, 1.165) is 27.1 Å². The molecule has 1 aliphatic rings. The van der Waals surface area contributed by atoms with E-state index < -0.39 is 0 Å². The maximum atomic E-state index is 5.96. The Morgan fingerprint density at radius 3 is 2.50 bits per heavy atom. The van der Waals surface area contributed by atoms with Gasteiger partial charge in [0.25, 0.3) is 0 Å². The summed E-state index contributed by atoms with van der Waals surface area (Å²) in [5, 5.41) is 1.59. The van der Waals surface area contributed by atoms with Crippen molar-refractivity contribution in [2.75, 3.05) is 6.61 Å². The molecule has 1 unspecified atom stereocenters. The Hall–Kier alpha value is -0.386. The molecule has 1 aromatic rings. The number of hydrogen-bond donors (Lipinski definition) is 0.